The predicted molar refractivity (Wildman–Crippen MR) is 96.6 cm³/mol. The molecule has 2 aromatic rings. The Labute approximate surface area is 147 Å². The van der Waals surface area contributed by atoms with Gasteiger partial charge in [0, 0.05) is 10.7 Å². The first-order valence-corrected chi connectivity index (χ1v) is 8.78. The van der Waals surface area contributed by atoms with Crippen LogP contribution in [0.25, 0.3) is 0 Å². The molecule has 1 fully saturated rings. The highest BCUT2D eigenvalue weighted by Crippen LogP contribution is 2.25. The Morgan fingerprint density at radius 2 is 2.12 bits per heavy atom. The number of nitrogens with zero attached hydrogens (tertiary/aromatic N) is 3. The Kier molecular flexibility index (Phi) is 5.16. The van der Waals surface area contributed by atoms with E-state index < -0.39 is 0 Å². The fraction of sp³-hybridized carbons (Fsp3) is 0.471. The van der Waals surface area contributed by atoms with Gasteiger partial charge in [-0.1, -0.05) is 17.7 Å². The first-order chi connectivity index (χ1) is 11.5. The predicted octanol–water partition coefficient (Wildman–Crippen LogP) is 2.12. The Balaban J connectivity index is 1.79. The number of piperidine rings is 1. The molecule has 1 aliphatic rings. The molecule has 4 N–H and O–H groups in total. The van der Waals surface area contributed by atoms with Gasteiger partial charge in [0.15, 0.2) is 5.82 Å². The Morgan fingerprint density at radius 1 is 1.29 bits per heavy atom. The molecular formula is C17H24ClN6+. The monoisotopic (exact) mass is 347 g/mol. The summed E-state index contributed by atoms with van der Waals surface area (Å²) in [4.78, 5) is 14.6. The van der Waals surface area contributed by atoms with Crippen molar-refractivity contribution in [2.45, 2.75) is 45.7 Å². The number of aromatic nitrogens is 3. The summed E-state index contributed by atoms with van der Waals surface area (Å²) >= 11 is 6.17. The maximum absolute atomic E-state index is 6.17. The fourth-order valence-corrected chi connectivity index (χ4v) is 3.33. The molecule has 0 amide bonds. The fourth-order valence-electron chi connectivity index (χ4n) is 3.16. The maximum atomic E-state index is 6.17. The molecule has 128 valence electrons. The molecule has 7 heteroatoms. The minimum atomic E-state index is 0.242. The average Bonchev–Trinajstić information content (AvgIpc) is 2.54. The molecule has 6 nitrogen and oxygen atoms in total. The molecule has 2 atom stereocenters. The highest BCUT2D eigenvalue weighted by Gasteiger charge is 2.23. The Bertz CT molecular complexity index is 720. The first kappa shape index (κ1) is 16.9. The normalized spacial score (nSPS) is 20.8. The lowest BCUT2D eigenvalue weighted by molar-refractivity contribution is -0.942. The van der Waals surface area contributed by atoms with Crippen molar-refractivity contribution in [3.05, 3.63) is 34.6 Å². The number of nitrogen functional groups attached to an aromatic ring is 1. The Hall–Kier alpha value is -1.92. The number of nitrogens with one attached hydrogen (secondary N) is 2. The molecule has 1 saturated heterocycles. The van der Waals surface area contributed by atoms with Crippen molar-refractivity contribution >= 4 is 29.2 Å². The lowest BCUT2D eigenvalue weighted by Gasteiger charge is -2.29. The molecule has 1 aromatic carbocycles. The summed E-state index contributed by atoms with van der Waals surface area (Å²) in [7, 11) is 0. The van der Waals surface area contributed by atoms with Crippen molar-refractivity contribution in [3.63, 3.8) is 0 Å². The number of hydrogen-bond donors (Lipinski definition) is 3. The second-order valence-electron chi connectivity index (χ2n) is 6.45. The van der Waals surface area contributed by atoms with Gasteiger partial charge in [0.1, 0.15) is 6.54 Å². The van der Waals surface area contributed by atoms with Gasteiger partial charge in [0.25, 0.3) is 0 Å². The third kappa shape index (κ3) is 3.94. The highest BCUT2D eigenvalue weighted by molar-refractivity contribution is 6.31. The van der Waals surface area contributed by atoms with Crippen LogP contribution in [0.4, 0.5) is 17.6 Å². The molecular weight excluding hydrogens is 324 g/mol. The van der Waals surface area contributed by atoms with E-state index in [0.29, 0.717) is 17.0 Å². The lowest BCUT2D eigenvalue weighted by atomic mass is 10.0. The number of nitrogens with two attached hydrogens (primary N) is 1. The van der Waals surface area contributed by atoms with Crippen molar-refractivity contribution in [3.8, 4) is 0 Å². The Morgan fingerprint density at radius 3 is 2.92 bits per heavy atom. The van der Waals surface area contributed by atoms with E-state index in [-0.39, 0.29) is 5.95 Å². The maximum Gasteiger partial charge on any atom is 0.232 e. The van der Waals surface area contributed by atoms with E-state index in [9.17, 15) is 0 Å². The standard InChI is InChI=1S/C17H23ClN6/c1-11-6-3-4-9-24(11)10-15-21-16(19)23-17(22-15)20-14-8-5-7-13(18)12(14)2/h5,7-8,11H,3-4,6,9-10H2,1-2H3,(H3,19,20,21,22,23)/p+1. The van der Waals surface area contributed by atoms with Crippen molar-refractivity contribution in [1.82, 2.24) is 15.0 Å². The number of halogens is 1. The van der Waals surface area contributed by atoms with Crippen molar-refractivity contribution in [1.29, 1.82) is 0 Å². The summed E-state index contributed by atoms with van der Waals surface area (Å²) in [5.41, 5.74) is 7.71. The minimum absolute atomic E-state index is 0.242. The van der Waals surface area contributed by atoms with E-state index >= 15 is 0 Å². The molecule has 1 aliphatic heterocycles. The molecule has 0 saturated carbocycles. The van der Waals surface area contributed by atoms with Gasteiger partial charge in [-0.15, -0.1) is 0 Å². The van der Waals surface area contributed by atoms with E-state index in [1.54, 1.807) is 0 Å². The summed E-state index contributed by atoms with van der Waals surface area (Å²) in [5, 5.41) is 3.91. The van der Waals surface area contributed by atoms with Crippen LogP contribution in [0.15, 0.2) is 18.2 Å². The summed E-state index contributed by atoms with van der Waals surface area (Å²) in [6, 6.07) is 6.32. The van der Waals surface area contributed by atoms with Crippen LogP contribution >= 0.6 is 11.6 Å². The van der Waals surface area contributed by atoms with Gasteiger partial charge >= 0.3 is 0 Å². The van der Waals surface area contributed by atoms with Gasteiger partial charge in [0.05, 0.1) is 12.6 Å². The van der Waals surface area contributed by atoms with Crippen LogP contribution in [0.5, 0.6) is 0 Å². The number of anilines is 3. The molecule has 0 spiro atoms. The van der Waals surface area contributed by atoms with E-state index in [0.717, 1.165) is 30.2 Å². The first-order valence-electron chi connectivity index (χ1n) is 8.40. The summed E-state index contributed by atoms with van der Waals surface area (Å²) in [6.07, 6.45) is 3.82. The van der Waals surface area contributed by atoms with Crippen LogP contribution in [0.1, 0.15) is 37.6 Å². The summed E-state index contributed by atoms with van der Waals surface area (Å²) in [6.45, 7) is 6.17. The van der Waals surface area contributed by atoms with Gasteiger partial charge in [0.2, 0.25) is 11.9 Å². The second kappa shape index (κ2) is 7.32. The van der Waals surface area contributed by atoms with Crippen molar-refractivity contribution < 1.29 is 4.90 Å². The largest absolute Gasteiger partial charge is 0.368 e. The van der Waals surface area contributed by atoms with E-state index in [2.05, 4.69) is 27.2 Å². The molecule has 0 radical (unpaired) electrons. The minimum Gasteiger partial charge on any atom is -0.368 e. The SMILES string of the molecule is Cc1c(Cl)cccc1Nc1nc(N)nc(C[NH+]2CCCCC2C)n1. The number of quaternary nitrogens is 1. The lowest BCUT2D eigenvalue weighted by Crippen LogP contribution is -3.15. The smallest absolute Gasteiger partial charge is 0.232 e. The van der Waals surface area contributed by atoms with Crippen molar-refractivity contribution in [2.75, 3.05) is 17.6 Å². The zero-order chi connectivity index (χ0) is 17.1. The third-order valence-electron chi connectivity index (χ3n) is 4.68. The van der Waals surface area contributed by atoms with Gasteiger partial charge in [-0.2, -0.15) is 15.0 Å². The highest BCUT2D eigenvalue weighted by atomic mass is 35.5. The molecule has 3 rings (SSSR count). The average molecular weight is 348 g/mol. The quantitative estimate of drug-likeness (QED) is 0.789. The molecule has 2 unspecified atom stereocenters. The molecule has 24 heavy (non-hydrogen) atoms. The van der Waals surface area contributed by atoms with Gasteiger partial charge in [-0.05, 0) is 50.8 Å². The van der Waals surface area contributed by atoms with Crippen LogP contribution < -0.4 is 16.0 Å². The van der Waals surface area contributed by atoms with E-state index in [1.807, 2.05) is 25.1 Å². The van der Waals surface area contributed by atoms with Crippen LogP contribution in [0, 0.1) is 6.92 Å². The van der Waals surface area contributed by atoms with Gasteiger partial charge < -0.3 is 16.0 Å². The van der Waals surface area contributed by atoms with Crippen LogP contribution in [-0.2, 0) is 6.54 Å². The zero-order valence-electron chi connectivity index (χ0n) is 14.1. The van der Waals surface area contributed by atoms with Crippen LogP contribution in [0.3, 0.4) is 0 Å². The summed E-state index contributed by atoms with van der Waals surface area (Å²) in [5.74, 6) is 1.44. The molecule has 1 aromatic heterocycles. The number of likely N-dealkylation sites (tertiary alicyclic amines) is 1. The summed E-state index contributed by atoms with van der Waals surface area (Å²) < 4.78 is 0. The van der Waals surface area contributed by atoms with Crippen LogP contribution in [-0.4, -0.2) is 27.5 Å². The van der Waals surface area contributed by atoms with E-state index in [4.69, 9.17) is 17.3 Å². The molecule has 0 bridgehead atoms. The van der Waals surface area contributed by atoms with Crippen molar-refractivity contribution in [2.24, 2.45) is 0 Å². The number of benzene rings is 1. The van der Waals surface area contributed by atoms with Gasteiger partial charge in [-0.25, -0.2) is 0 Å². The molecule has 2 heterocycles. The van der Waals surface area contributed by atoms with E-state index in [1.165, 1.54) is 24.2 Å². The number of rotatable bonds is 4. The van der Waals surface area contributed by atoms with Gasteiger partial charge in [-0.3, -0.25) is 0 Å². The third-order valence-corrected chi connectivity index (χ3v) is 5.09. The number of hydrogen-bond acceptors (Lipinski definition) is 5. The topological polar surface area (TPSA) is 81.2 Å². The molecule has 0 aliphatic carbocycles. The van der Waals surface area contributed by atoms with Crippen LogP contribution in [0.2, 0.25) is 5.02 Å². The zero-order valence-corrected chi connectivity index (χ0v) is 14.9. The second-order valence-corrected chi connectivity index (χ2v) is 6.86.